The Morgan fingerprint density at radius 3 is 2.88 bits per heavy atom. The van der Waals surface area contributed by atoms with E-state index < -0.39 is 0 Å². The second kappa shape index (κ2) is 6.78. The molecule has 1 rings (SSSR count). The third kappa shape index (κ3) is 4.03. The van der Waals surface area contributed by atoms with Gasteiger partial charge in [-0.3, -0.25) is 0 Å². The van der Waals surface area contributed by atoms with Gasteiger partial charge < -0.3 is 5.32 Å². The van der Waals surface area contributed by atoms with Crippen molar-refractivity contribution in [2.45, 2.75) is 26.2 Å². The molecule has 86 valence electrons. The molecule has 0 amide bonds. The van der Waals surface area contributed by atoms with Gasteiger partial charge in [0.1, 0.15) is 0 Å². The molecule has 0 fully saturated rings. The summed E-state index contributed by atoms with van der Waals surface area (Å²) >= 11 is 9.54. The Bertz CT molecular complexity index is 399. The number of nitrogens with zero attached hydrogens (tertiary/aromatic N) is 1. The molecule has 0 bridgehead atoms. The largest absolute Gasteiger partial charge is 0.384 e. The first-order valence-corrected chi connectivity index (χ1v) is 6.38. The molecule has 0 heterocycles. The fraction of sp³-hybridized carbons (Fsp3) is 0.417. The molecule has 0 spiro atoms. The first-order valence-electron chi connectivity index (χ1n) is 5.21. The van der Waals surface area contributed by atoms with Crippen LogP contribution in [0.5, 0.6) is 0 Å². The molecule has 0 aliphatic carbocycles. The lowest BCUT2D eigenvalue weighted by Crippen LogP contribution is -2.02. The monoisotopic (exact) mass is 300 g/mol. The molecule has 16 heavy (non-hydrogen) atoms. The van der Waals surface area contributed by atoms with E-state index in [9.17, 15) is 0 Å². The molecule has 0 saturated heterocycles. The van der Waals surface area contributed by atoms with Crippen molar-refractivity contribution in [1.82, 2.24) is 0 Å². The van der Waals surface area contributed by atoms with Crippen molar-refractivity contribution in [3.63, 3.8) is 0 Å². The Morgan fingerprint density at radius 2 is 2.19 bits per heavy atom. The molecule has 0 unspecified atom stereocenters. The van der Waals surface area contributed by atoms with Crippen LogP contribution in [0.3, 0.4) is 0 Å². The number of benzene rings is 1. The number of nitrogens with one attached hydrogen (secondary N) is 1. The van der Waals surface area contributed by atoms with Crippen molar-refractivity contribution in [3.05, 3.63) is 27.2 Å². The van der Waals surface area contributed by atoms with Crippen molar-refractivity contribution in [3.8, 4) is 6.07 Å². The van der Waals surface area contributed by atoms with Crippen LogP contribution >= 0.6 is 27.5 Å². The van der Waals surface area contributed by atoms with Crippen molar-refractivity contribution in [1.29, 1.82) is 5.26 Å². The topological polar surface area (TPSA) is 35.8 Å². The predicted molar refractivity (Wildman–Crippen MR) is 71.8 cm³/mol. The van der Waals surface area contributed by atoms with E-state index in [0.717, 1.165) is 40.1 Å². The molecular weight excluding hydrogens is 288 g/mol. The lowest BCUT2D eigenvalue weighted by Gasteiger charge is -2.10. The van der Waals surface area contributed by atoms with Gasteiger partial charge in [-0.05, 0) is 53.4 Å². The molecule has 4 heteroatoms. The van der Waals surface area contributed by atoms with Gasteiger partial charge in [-0.2, -0.15) is 5.26 Å². The third-order valence-electron chi connectivity index (χ3n) is 2.28. The molecule has 0 aliphatic rings. The molecule has 1 N–H and O–H groups in total. The number of aryl methyl sites for hydroxylation is 1. The summed E-state index contributed by atoms with van der Waals surface area (Å²) in [4.78, 5) is 0. The van der Waals surface area contributed by atoms with Crippen LogP contribution < -0.4 is 5.32 Å². The quantitative estimate of drug-likeness (QED) is 0.812. The number of nitriles is 1. The average Bonchev–Trinajstić information content (AvgIpc) is 2.25. The Labute approximate surface area is 110 Å². The SMILES string of the molecule is Cc1cc(Br)c(NCCCCC#N)cc1Cl. The lowest BCUT2D eigenvalue weighted by molar-refractivity contribution is 0.784. The zero-order valence-electron chi connectivity index (χ0n) is 9.19. The lowest BCUT2D eigenvalue weighted by atomic mass is 10.2. The maximum Gasteiger partial charge on any atom is 0.0621 e. The number of hydrogen-bond acceptors (Lipinski definition) is 2. The van der Waals surface area contributed by atoms with Gasteiger partial charge in [0.25, 0.3) is 0 Å². The second-order valence-corrected chi connectivity index (χ2v) is 4.88. The fourth-order valence-electron chi connectivity index (χ4n) is 1.33. The Balaban J connectivity index is 2.48. The number of hydrogen-bond donors (Lipinski definition) is 1. The van der Waals surface area contributed by atoms with Crippen LogP contribution in [-0.2, 0) is 0 Å². The molecular formula is C12H14BrClN2. The van der Waals surface area contributed by atoms with Gasteiger partial charge in [-0.15, -0.1) is 0 Å². The Kier molecular flexibility index (Phi) is 5.65. The highest BCUT2D eigenvalue weighted by atomic mass is 79.9. The minimum absolute atomic E-state index is 0.623. The summed E-state index contributed by atoms with van der Waals surface area (Å²) in [5, 5.41) is 12.5. The standard InChI is InChI=1S/C12H14BrClN2/c1-9-7-10(13)12(8-11(9)14)16-6-4-2-3-5-15/h7-8,16H,2-4,6H2,1H3. The second-order valence-electron chi connectivity index (χ2n) is 3.62. The molecule has 0 aliphatic heterocycles. The van der Waals surface area contributed by atoms with Crippen molar-refractivity contribution < 1.29 is 0 Å². The van der Waals surface area contributed by atoms with E-state index in [2.05, 4.69) is 27.3 Å². The van der Waals surface area contributed by atoms with Crippen LogP contribution in [0.25, 0.3) is 0 Å². The summed E-state index contributed by atoms with van der Waals surface area (Å²) < 4.78 is 1.02. The van der Waals surface area contributed by atoms with E-state index in [1.165, 1.54) is 0 Å². The summed E-state index contributed by atoms with van der Waals surface area (Å²) in [6, 6.07) is 6.06. The number of halogens is 2. The summed E-state index contributed by atoms with van der Waals surface area (Å²) in [6.45, 7) is 2.84. The number of unbranched alkanes of at least 4 members (excludes halogenated alkanes) is 2. The van der Waals surface area contributed by atoms with Gasteiger partial charge in [0.05, 0.1) is 6.07 Å². The molecule has 0 radical (unpaired) electrons. The van der Waals surface area contributed by atoms with Crippen LogP contribution in [0.1, 0.15) is 24.8 Å². The molecule has 0 aromatic heterocycles. The summed E-state index contributed by atoms with van der Waals surface area (Å²) in [6.07, 6.45) is 2.55. The first-order chi connectivity index (χ1) is 7.65. The highest BCUT2D eigenvalue weighted by Gasteiger charge is 2.03. The Hall–Kier alpha value is -0.720. The third-order valence-corrected chi connectivity index (χ3v) is 3.34. The summed E-state index contributed by atoms with van der Waals surface area (Å²) in [7, 11) is 0. The Morgan fingerprint density at radius 1 is 1.44 bits per heavy atom. The normalized spacial score (nSPS) is 9.88. The fourth-order valence-corrected chi connectivity index (χ4v) is 2.10. The van der Waals surface area contributed by atoms with Gasteiger partial charge in [-0.25, -0.2) is 0 Å². The van der Waals surface area contributed by atoms with E-state index in [0.29, 0.717) is 6.42 Å². The van der Waals surface area contributed by atoms with E-state index in [4.69, 9.17) is 16.9 Å². The minimum atomic E-state index is 0.623. The minimum Gasteiger partial charge on any atom is -0.384 e. The smallest absolute Gasteiger partial charge is 0.0621 e. The zero-order valence-corrected chi connectivity index (χ0v) is 11.5. The average molecular weight is 302 g/mol. The maximum absolute atomic E-state index is 8.40. The highest BCUT2D eigenvalue weighted by Crippen LogP contribution is 2.29. The maximum atomic E-state index is 8.40. The van der Waals surface area contributed by atoms with Gasteiger partial charge in [0.15, 0.2) is 0 Å². The van der Waals surface area contributed by atoms with Gasteiger partial charge in [0, 0.05) is 28.1 Å². The van der Waals surface area contributed by atoms with Crippen LogP contribution in [0, 0.1) is 18.3 Å². The van der Waals surface area contributed by atoms with E-state index in [-0.39, 0.29) is 0 Å². The van der Waals surface area contributed by atoms with E-state index >= 15 is 0 Å². The summed E-state index contributed by atoms with van der Waals surface area (Å²) in [5.74, 6) is 0. The van der Waals surface area contributed by atoms with Crippen molar-refractivity contribution >= 4 is 33.2 Å². The van der Waals surface area contributed by atoms with Gasteiger partial charge >= 0.3 is 0 Å². The first kappa shape index (κ1) is 13.3. The van der Waals surface area contributed by atoms with Crippen LogP contribution in [0.15, 0.2) is 16.6 Å². The van der Waals surface area contributed by atoms with Gasteiger partial charge in [-0.1, -0.05) is 11.6 Å². The van der Waals surface area contributed by atoms with E-state index in [1.807, 2.05) is 19.1 Å². The molecule has 1 aromatic rings. The van der Waals surface area contributed by atoms with Crippen molar-refractivity contribution in [2.24, 2.45) is 0 Å². The van der Waals surface area contributed by atoms with Crippen molar-refractivity contribution in [2.75, 3.05) is 11.9 Å². The molecule has 0 atom stereocenters. The molecule has 2 nitrogen and oxygen atoms in total. The van der Waals surface area contributed by atoms with Crippen LogP contribution in [0.2, 0.25) is 5.02 Å². The predicted octanol–water partition coefficient (Wildman–Crippen LogP) is 4.52. The highest BCUT2D eigenvalue weighted by molar-refractivity contribution is 9.10. The number of rotatable bonds is 5. The van der Waals surface area contributed by atoms with E-state index in [1.54, 1.807) is 0 Å². The molecule has 0 saturated carbocycles. The molecule has 1 aromatic carbocycles. The summed E-state index contributed by atoms with van der Waals surface area (Å²) in [5.41, 5.74) is 2.07. The van der Waals surface area contributed by atoms with Crippen LogP contribution in [-0.4, -0.2) is 6.54 Å². The van der Waals surface area contributed by atoms with Crippen LogP contribution in [0.4, 0.5) is 5.69 Å². The zero-order chi connectivity index (χ0) is 12.0. The van der Waals surface area contributed by atoms with Gasteiger partial charge in [0.2, 0.25) is 0 Å². The number of anilines is 1.